The Bertz CT molecular complexity index is 1000. The molecule has 1 aliphatic rings. The third kappa shape index (κ3) is 3.30. The zero-order valence-corrected chi connectivity index (χ0v) is 16.3. The third-order valence-electron chi connectivity index (χ3n) is 5.66. The van der Waals surface area contributed by atoms with Crippen LogP contribution in [0, 0.1) is 0 Å². The van der Waals surface area contributed by atoms with Crippen molar-refractivity contribution in [3.63, 3.8) is 0 Å². The van der Waals surface area contributed by atoms with E-state index in [1.54, 1.807) is 4.90 Å². The highest BCUT2D eigenvalue weighted by molar-refractivity contribution is 6.11. The van der Waals surface area contributed by atoms with Crippen LogP contribution in [0.2, 0.25) is 0 Å². The van der Waals surface area contributed by atoms with Crippen molar-refractivity contribution in [1.29, 1.82) is 0 Å². The zero-order valence-electron chi connectivity index (χ0n) is 16.3. The number of carbonyl (C=O) groups excluding carboxylic acids is 1. The van der Waals surface area contributed by atoms with Crippen molar-refractivity contribution in [3.05, 3.63) is 71.8 Å². The second-order valence-corrected chi connectivity index (χ2v) is 7.92. The van der Waals surface area contributed by atoms with Crippen molar-refractivity contribution >= 4 is 16.7 Å². The van der Waals surface area contributed by atoms with Gasteiger partial charge in [0.05, 0.1) is 6.10 Å². The summed E-state index contributed by atoms with van der Waals surface area (Å²) < 4.78 is 0. The minimum Gasteiger partial charge on any atom is -0.390 e. The SMILES string of the molecule is CC(C)c1ccc(-c2ccc(C(=O)N3C[C@@H](N)[C@H](O)C3)c3ccccc23)cc1. The van der Waals surface area contributed by atoms with Crippen LogP contribution in [0.3, 0.4) is 0 Å². The Morgan fingerprint density at radius 1 is 1.00 bits per heavy atom. The number of aliphatic hydroxyl groups excluding tert-OH is 1. The fourth-order valence-electron chi connectivity index (χ4n) is 3.93. The smallest absolute Gasteiger partial charge is 0.254 e. The summed E-state index contributed by atoms with van der Waals surface area (Å²) in [6.07, 6.45) is -0.658. The highest BCUT2D eigenvalue weighted by Gasteiger charge is 2.32. The molecule has 0 saturated carbocycles. The summed E-state index contributed by atoms with van der Waals surface area (Å²) in [5, 5.41) is 11.9. The lowest BCUT2D eigenvalue weighted by Crippen LogP contribution is -2.33. The molecular formula is C24H26N2O2. The van der Waals surface area contributed by atoms with E-state index in [1.165, 1.54) is 5.56 Å². The summed E-state index contributed by atoms with van der Waals surface area (Å²) in [4.78, 5) is 14.7. The molecule has 0 unspecified atom stereocenters. The number of carbonyl (C=O) groups is 1. The summed E-state index contributed by atoms with van der Waals surface area (Å²) in [7, 11) is 0. The molecule has 1 heterocycles. The number of β-amino-alcohol motifs (C(OH)–C–C–N with tert-alkyl or cyclic N) is 1. The molecule has 0 radical (unpaired) electrons. The molecule has 3 aromatic carbocycles. The van der Waals surface area contributed by atoms with Crippen LogP contribution in [0.15, 0.2) is 60.7 Å². The number of nitrogens with two attached hydrogens (primary N) is 1. The van der Waals surface area contributed by atoms with Crippen LogP contribution in [0.5, 0.6) is 0 Å². The molecule has 0 aliphatic carbocycles. The average Bonchev–Trinajstić information content (AvgIpc) is 3.05. The van der Waals surface area contributed by atoms with E-state index < -0.39 is 6.10 Å². The highest BCUT2D eigenvalue weighted by Crippen LogP contribution is 2.32. The Morgan fingerprint density at radius 3 is 2.29 bits per heavy atom. The molecule has 0 bridgehead atoms. The van der Waals surface area contributed by atoms with E-state index in [-0.39, 0.29) is 18.5 Å². The molecule has 3 N–H and O–H groups in total. The summed E-state index contributed by atoms with van der Waals surface area (Å²) >= 11 is 0. The van der Waals surface area contributed by atoms with Gasteiger partial charge in [-0.15, -0.1) is 0 Å². The van der Waals surface area contributed by atoms with E-state index in [2.05, 4.69) is 44.2 Å². The van der Waals surface area contributed by atoms with Gasteiger partial charge in [0.15, 0.2) is 0 Å². The molecule has 144 valence electrons. The summed E-state index contributed by atoms with van der Waals surface area (Å²) in [5.41, 5.74) is 10.1. The summed E-state index contributed by atoms with van der Waals surface area (Å²) in [6.45, 7) is 5.04. The Hall–Kier alpha value is -2.69. The minimum absolute atomic E-state index is 0.0788. The topological polar surface area (TPSA) is 66.6 Å². The lowest BCUT2D eigenvalue weighted by atomic mass is 9.93. The molecule has 1 saturated heterocycles. The monoisotopic (exact) mass is 374 g/mol. The number of aliphatic hydroxyl groups is 1. The van der Waals surface area contributed by atoms with E-state index in [4.69, 9.17) is 5.73 Å². The number of benzene rings is 3. The quantitative estimate of drug-likeness (QED) is 0.733. The Labute approximate surface area is 165 Å². The molecule has 1 aliphatic heterocycles. The molecule has 4 heteroatoms. The van der Waals surface area contributed by atoms with Gasteiger partial charge in [0.1, 0.15) is 0 Å². The van der Waals surface area contributed by atoms with Crippen LogP contribution < -0.4 is 5.73 Å². The molecule has 28 heavy (non-hydrogen) atoms. The van der Waals surface area contributed by atoms with Gasteiger partial charge in [-0.3, -0.25) is 4.79 Å². The van der Waals surface area contributed by atoms with E-state index in [9.17, 15) is 9.90 Å². The fourth-order valence-corrected chi connectivity index (χ4v) is 3.93. The number of likely N-dealkylation sites (tertiary alicyclic amines) is 1. The van der Waals surface area contributed by atoms with Gasteiger partial charge in [-0.05, 0) is 39.4 Å². The predicted octanol–water partition coefficient (Wildman–Crippen LogP) is 3.77. The van der Waals surface area contributed by atoms with Crippen LogP contribution in [0.1, 0.15) is 35.7 Å². The average molecular weight is 374 g/mol. The minimum atomic E-state index is -0.658. The predicted molar refractivity (Wildman–Crippen MR) is 113 cm³/mol. The normalized spacial score (nSPS) is 19.5. The fraction of sp³-hybridized carbons (Fsp3) is 0.292. The summed E-state index contributed by atoms with van der Waals surface area (Å²) in [5.74, 6) is 0.415. The first-order chi connectivity index (χ1) is 13.5. The van der Waals surface area contributed by atoms with Crippen LogP contribution in [0.4, 0.5) is 0 Å². The van der Waals surface area contributed by atoms with E-state index in [0.29, 0.717) is 18.0 Å². The maximum atomic E-state index is 13.1. The van der Waals surface area contributed by atoms with Crippen molar-refractivity contribution in [2.45, 2.75) is 31.9 Å². The van der Waals surface area contributed by atoms with Crippen molar-refractivity contribution in [1.82, 2.24) is 4.90 Å². The van der Waals surface area contributed by atoms with Crippen LogP contribution >= 0.6 is 0 Å². The first kappa shape index (κ1) is 18.7. The number of rotatable bonds is 3. The number of fused-ring (bicyclic) bond motifs is 1. The molecular weight excluding hydrogens is 348 g/mol. The van der Waals surface area contributed by atoms with Gasteiger partial charge >= 0.3 is 0 Å². The van der Waals surface area contributed by atoms with Gasteiger partial charge in [-0.2, -0.15) is 0 Å². The van der Waals surface area contributed by atoms with Crippen molar-refractivity contribution in [2.24, 2.45) is 5.73 Å². The maximum Gasteiger partial charge on any atom is 0.254 e. The summed E-state index contributed by atoms with van der Waals surface area (Å²) in [6, 6.07) is 20.2. The van der Waals surface area contributed by atoms with Gasteiger partial charge in [0.25, 0.3) is 5.91 Å². The van der Waals surface area contributed by atoms with Crippen molar-refractivity contribution < 1.29 is 9.90 Å². The standard InChI is InChI=1S/C24H26N2O2/c1-15(2)16-7-9-17(10-8-16)18-11-12-21(20-6-4-3-5-19(18)20)24(28)26-13-22(25)23(27)14-26/h3-12,15,22-23,27H,13-14,25H2,1-2H3/t22-,23-/m1/s1. The third-order valence-corrected chi connectivity index (χ3v) is 5.66. The van der Waals surface area contributed by atoms with Gasteiger partial charge in [0, 0.05) is 24.7 Å². The number of amides is 1. The van der Waals surface area contributed by atoms with Crippen LogP contribution in [-0.2, 0) is 0 Å². The van der Waals surface area contributed by atoms with E-state index in [0.717, 1.165) is 21.9 Å². The molecule has 2 atom stereocenters. The van der Waals surface area contributed by atoms with Gasteiger partial charge in [-0.1, -0.05) is 68.4 Å². The molecule has 4 rings (SSSR count). The number of hydrogen-bond acceptors (Lipinski definition) is 3. The Balaban J connectivity index is 1.76. The van der Waals surface area contributed by atoms with Crippen LogP contribution in [0.25, 0.3) is 21.9 Å². The number of nitrogens with zero attached hydrogens (tertiary/aromatic N) is 1. The lowest BCUT2D eigenvalue weighted by molar-refractivity contribution is 0.0767. The first-order valence-corrected chi connectivity index (χ1v) is 9.80. The lowest BCUT2D eigenvalue weighted by Gasteiger charge is -2.18. The Morgan fingerprint density at radius 2 is 1.68 bits per heavy atom. The van der Waals surface area contributed by atoms with Gasteiger partial charge in [-0.25, -0.2) is 0 Å². The molecule has 1 amide bonds. The Kier molecular flexibility index (Phi) is 4.92. The van der Waals surface area contributed by atoms with Crippen molar-refractivity contribution in [2.75, 3.05) is 13.1 Å². The second-order valence-electron chi connectivity index (χ2n) is 7.92. The van der Waals surface area contributed by atoms with Gasteiger partial charge < -0.3 is 15.7 Å². The molecule has 3 aromatic rings. The maximum absolute atomic E-state index is 13.1. The molecule has 1 fully saturated rings. The molecule has 0 spiro atoms. The zero-order chi connectivity index (χ0) is 19.8. The van der Waals surface area contributed by atoms with Crippen molar-refractivity contribution in [3.8, 4) is 11.1 Å². The number of hydrogen-bond donors (Lipinski definition) is 2. The van der Waals surface area contributed by atoms with E-state index in [1.807, 2.05) is 30.3 Å². The highest BCUT2D eigenvalue weighted by atomic mass is 16.3. The molecule has 0 aromatic heterocycles. The van der Waals surface area contributed by atoms with Gasteiger partial charge in [0.2, 0.25) is 0 Å². The second kappa shape index (κ2) is 7.38. The molecule has 4 nitrogen and oxygen atoms in total. The van der Waals surface area contributed by atoms with E-state index >= 15 is 0 Å². The first-order valence-electron chi connectivity index (χ1n) is 9.80. The van der Waals surface area contributed by atoms with Crippen LogP contribution in [-0.4, -0.2) is 41.1 Å². The largest absolute Gasteiger partial charge is 0.390 e.